The second-order valence-electron chi connectivity index (χ2n) is 10.4. The lowest BCUT2D eigenvalue weighted by Gasteiger charge is -2.27. The molecule has 0 spiro atoms. The molecule has 3 aromatic carbocycles. The molecule has 1 aromatic heterocycles. The van der Waals surface area contributed by atoms with Crippen molar-refractivity contribution in [1.82, 2.24) is 4.98 Å². The van der Waals surface area contributed by atoms with Crippen LogP contribution in [-0.2, 0) is 23.8 Å². The van der Waals surface area contributed by atoms with Crippen LogP contribution in [0.1, 0.15) is 24.8 Å². The number of nitrogens with zero attached hydrogens (tertiary/aromatic N) is 2. The summed E-state index contributed by atoms with van der Waals surface area (Å²) >= 11 is 0. The third-order valence-electron chi connectivity index (χ3n) is 6.98. The highest BCUT2D eigenvalue weighted by molar-refractivity contribution is 7.86. The van der Waals surface area contributed by atoms with Crippen molar-refractivity contribution in [3.05, 3.63) is 84.4 Å². The lowest BCUT2D eigenvalue weighted by atomic mass is 10.1. The molecule has 0 saturated carbocycles. The van der Waals surface area contributed by atoms with Gasteiger partial charge in [-0.05, 0) is 74.7 Å². The number of hydrogen-bond donors (Lipinski definition) is 0. The summed E-state index contributed by atoms with van der Waals surface area (Å²) in [7, 11) is 0.0851. The van der Waals surface area contributed by atoms with Gasteiger partial charge in [0.15, 0.2) is 6.29 Å². The summed E-state index contributed by atoms with van der Waals surface area (Å²) in [6.45, 7) is 2.41. The minimum absolute atomic E-state index is 0.0958. The van der Waals surface area contributed by atoms with E-state index in [-0.39, 0.29) is 18.1 Å². The minimum atomic E-state index is -3.95. The number of rotatable bonds is 11. The first-order valence-corrected chi connectivity index (χ1v) is 15.2. The molecular weight excluding hydrogens is 540 g/mol. The van der Waals surface area contributed by atoms with E-state index in [1.807, 2.05) is 51.4 Å². The number of pyridine rings is 1. The summed E-state index contributed by atoms with van der Waals surface area (Å²) in [5, 5.41) is 0.933. The van der Waals surface area contributed by atoms with Gasteiger partial charge in [-0.15, -0.1) is 0 Å². The summed E-state index contributed by atoms with van der Waals surface area (Å²) < 4.78 is 48.8. The summed E-state index contributed by atoms with van der Waals surface area (Å²) in [5.41, 5.74) is 4.88. The maximum atomic E-state index is 12.8. The van der Waals surface area contributed by atoms with Gasteiger partial charge in [0.1, 0.15) is 18.5 Å². The van der Waals surface area contributed by atoms with Crippen LogP contribution in [0, 0.1) is 6.92 Å². The highest BCUT2D eigenvalue weighted by atomic mass is 32.2. The fourth-order valence-electron chi connectivity index (χ4n) is 4.57. The van der Waals surface area contributed by atoms with Crippen molar-refractivity contribution < 1.29 is 26.8 Å². The lowest BCUT2D eigenvalue weighted by Crippen LogP contribution is -2.35. The van der Waals surface area contributed by atoms with E-state index in [2.05, 4.69) is 29.2 Å². The zero-order valence-electron chi connectivity index (χ0n) is 23.7. The van der Waals surface area contributed by atoms with Gasteiger partial charge in [0, 0.05) is 37.3 Å². The molecule has 216 valence electrons. The molecule has 0 aliphatic carbocycles. The van der Waals surface area contributed by atoms with E-state index in [0.29, 0.717) is 12.4 Å². The number of hydrogen-bond acceptors (Lipinski definition) is 8. The van der Waals surface area contributed by atoms with Crippen LogP contribution in [0.5, 0.6) is 5.75 Å². The molecule has 0 radical (unpaired) electrons. The number of anilines is 1. The molecule has 1 fully saturated rings. The Morgan fingerprint density at radius 2 is 1.73 bits per heavy atom. The van der Waals surface area contributed by atoms with Crippen LogP contribution < -0.4 is 9.64 Å². The van der Waals surface area contributed by atoms with Crippen molar-refractivity contribution in [2.24, 2.45) is 0 Å². The fraction of sp³-hybridized carbons (Fsp3) is 0.344. The molecule has 0 amide bonds. The number of fused-ring (bicyclic) bond motifs is 1. The number of ether oxygens (including phenoxy) is 3. The predicted octanol–water partition coefficient (Wildman–Crippen LogP) is 5.97. The van der Waals surface area contributed by atoms with E-state index >= 15 is 0 Å². The smallest absolute Gasteiger partial charge is 0.297 e. The average Bonchev–Trinajstić information content (AvgIpc) is 2.99. The van der Waals surface area contributed by atoms with Crippen LogP contribution in [0.15, 0.2) is 83.8 Å². The first-order chi connectivity index (χ1) is 19.8. The predicted molar refractivity (Wildman–Crippen MR) is 160 cm³/mol. The largest absolute Gasteiger partial charge is 0.491 e. The molecule has 1 aliphatic rings. The van der Waals surface area contributed by atoms with E-state index in [9.17, 15) is 8.42 Å². The zero-order chi connectivity index (χ0) is 28.8. The molecule has 0 N–H and O–H groups in total. The quantitative estimate of drug-likeness (QED) is 0.202. The third-order valence-corrected chi connectivity index (χ3v) is 8.27. The van der Waals surface area contributed by atoms with Crippen molar-refractivity contribution in [2.45, 2.75) is 43.5 Å². The first-order valence-electron chi connectivity index (χ1n) is 13.8. The zero-order valence-corrected chi connectivity index (χ0v) is 24.5. The first kappa shape index (κ1) is 29.0. The topological polar surface area (TPSA) is 87.2 Å². The maximum absolute atomic E-state index is 12.8. The van der Waals surface area contributed by atoms with Gasteiger partial charge in [-0.3, -0.25) is 4.18 Å². The van der Waals surface area contributed by atoms with E-state index in [1.54, 1.807) is 12.1 Å². The van der Waals surface area contributed by atoms with E-state index in [0.717, 1.165) is 52.7 Å². The Morgan fingerprint density at radius 3 is 2.44 bits per heavy atom. The van der Waals surface area contributed by atoms with Gasteiger partial charge in [-0.2, -0.15) is 8.42 Å². The van der Waals surface area contributed by atoms with Crippen LogP contribution in [0.2, 0.25) is 0 Å². The normalized spacial score (nSPS) is 16.4. The molecular formula is C32H36N2O6S. The maximum Gasteiger partial charge on any atom is 0.297 e. The van der Waals surface area contributed by atoms with Crippen LogP contribution in [-0.4, -0.2) is 59.7 Å². The SMILES string of the molecule is Cc1ccc(S(=O)(=O)OC[C@H](COc2ccc3nc(-c4ccc(N(C)C)cc4)ccc3c2)O[C@H]2CCCCO2)cc1. The summed E-state index contributed by atoms with van der Waals surface area (Å²) in [6, 6.07) is 24.5. The average molecular weight is 577 g/mol. The van der Waals surface area contributed by atoms with Gasteiger partial charge >= 0.3 is 0 Å². The molecule has 41 heavy (non-hydrogen) atoms. The standard InChI is InChI=1S/C32H36N2O6S/c1-23-7-15-29(16-8-23)41(35,36)39-22-28(40-32-6-4-5-19-37-32)21-38-27-14-18-31-25(20-27)11-17-30(33-31)24-9-12-26(13-10-24)34(2)3/h7-18,20,28,32H,4-6,19,21-22H2,1-3H3/t28-,32-/m0/s1. The third kappa shape index (κ3) is 7.62. The second kappa shape index (κ2) is 13.0. The number of benzene rings is 3. The molecule has 9 heteroatoms. The van der Waals surface area contributed by atoms with Crippen molar-refractivity contribution in [3.8, 4) is 17.0 Å². The highest BCUT2D eigenvalue weighted by Crippen LogP contribution is 2.26. The molecule has 8 nitrogen and oxygen atoms in total. The van der Waals surface area contributed by atoms with Crippen molar-refractivity contribution >= 4 is 26.7 Å². The monoisotopic (exact) mass is 576 g/mol. The van der Waals surface area contributed by atoms with Crippen molar-refractivity contribution in [2.75, 3.05) is 38.8 Å². The van der Waals surface area contributed by atoms with Crippen LogP contribution in [0.4, 0.5) is 5.69 Å². The molecule has 2 heterocycles. The Morgan fingerprint density at radius 1 is 0.951 bits per heavy atom. The molecule has 0 bridgehead atoms. The lowest BCUT2D eigenvalue weighted by molar-refractivity contribution is -0.198. The van der Waals surface area contributed by atoms with Gasteiger partial charge in [0.05, 0.1) is 22.7 Å². The Kier molecular flexibility index (Phi) is 9.19. The Balaban J connectivity index is 1.26. The molecule has 1 saturated heterocycles. The molecule has 4 aromatic rings. The van der Waals surface area contributed by atoms with Gasteiger partial charge in [-0.1, -0.05) is 35.9 Å². The van der Waals surface area contributed by atoms with Gasteiger partial charge in [0.2, 0.25) is 0 Å². The van der Waals surface area contributed by atoms with E-state index in [4.69, 9.17) is 23.4 Å². The van der Waals surface area contributed by atoms with E-state index < -0.39 is 22.5 Å². The van der Waals surface area contributed by atoms with Gasteiger partial charge in [-0.25, -0.2) is 4.98 Å². The van der Waals surface area contributed by atoms with Gasteiger partial charge < -0.3 is 19.1 Å². The van der Waals surface area contributed by atoms with Crippen molar-refractivity contribution in [1.29, 1.82) is 0 Å². The second-order valence-corrected chi connectivity index (χ2v) is 12.0. The van der Waals surface area contributed by atoms with Crippen molar-refractivity contribution in [3.63, 3.8) is 0 Å². The van der Waals surface area contributed by atoms with Crippen LogP contribution >= 0.6 is 0 Å². The number of aromatic nitrogens is 1. The Labute approximate surface area is 242 Å². The molecule has 2 atom stereocenters. The number of aryl methyl sites for hydroxylation is 1. The fourth-order valence-corrected chi connectivity index (χ4v) is 5.51. The Hall–Kier alpha value is -3.50. The van der Waals surface area contributed by atoms with Crippen LogP contribution in [0.25, 0.3) is 22.2 Å². The highest BCUT2D eigenvalue weighted by Gasteiger charge is 2.24. The van der Waals surface area contributed by atoms with E-state index in [1.165, 1.54) is 12.1 Å². The summed E-state index contributed by atoms with van der Waals surface area (Å²) in [6.07, 6.45) is 1.63. The van der Waals surface area contributed by atoms with Crippen LogP contribution in [0.3, 0.4) is 0 Å². The summed E-state index contributed by atoms with van der Waals surface area (Å²) in [5.74, 6) is 0.627. The molecule has 5 rings (SSSR count). The molecule has 1 aliphatic heterocycles. The Bertz CT molecular complexity index is 1550. The molecule has 0 unspecified atom stereocenters. The summed E-state index contributed by atoms with van der Waals surface area (Å²) in [4.78, 5) is 6.99. The van der Waals surface area contributed by atoms with Gasteiger partial charge in [0.25, 0.3) is 10.1 Å². The minimum Gasteiger partial charge on any atom is -0.491 e.